The minimum absolute atomic E-state index is 0.0777. The Bertz CT molecular complexity index is 957. The Labute approximate surface area is 184 Å². The monoisotopic (exact) mass is 449 g/mol. The molecular formula is C22H25ClFN3O4. The molecule has 2 aromatic rings. The van der Waals surface area contributed by atoms with Crippen molar-refractivity contribution in [3.05, 3.63) is 52.3 Å². The van der Waals surface area contributed by atoms with Crippen molar-refractivity contribution in [3.63, 3.8) is 0 Å². The van der Waals surface area contributed by atoms with E-state index in [4.69, 9.17) is 26.8 Å². The molecule has 4 rings (SSSR count). The quantitative estimate of drug-likeness (QED) is 0.607. The number of ether oxygens (including phenoxy) is 2. The lowest BCUT2D eigenvalue weighted by Gasteiger charge is -2.36. The van der Waals surface area contributed by atoms with Crippen molar-refractivity contribution < 1.29 is 23.8 Å². The van der Waals surface area contributed by atoms with E-state index < -0.39 is 6.10 Å². The predicted octanol–water partition coefficient (Wildman–Crippen LogP) is 2.45. The van der Waals surface area contributed by atoms with Crippen LogP contribution in [-0.2, 0) is 6.54 Å². The second-order valence-electron chi connectivity index (χ2n) is 7.87. The van der Waals surface area contributed by atoms with Gasteiger partial charge in [0.2, 0.25) is 0 Å². The van der Waals surface area contributed by atoms with E-state index in [-0.39, 0.29) is 45.4 Å². The number of hydrogen-bond donors (Lipinski definition) is 3. The molecule has 0 bridgehead atoms. The number of nitrogens with two attached hydrogens (primary N) is 1. The van der Waals surface area contributed by atoms with Gasteiger partial charge in [-0.05, 0) is 36.7 Å². The van der Waals surface area contributed by atoms with Crippen molar-refractivity contribution in [1.29, 1.82) is 0 Å². The zero-order valence-electron chi connectivity index (χ0n) is 16.9. The van der Waals surface area contributed by atoms with E-state index in [2.05, 4.69) is 10.2 Å². The van der Waals surface area contributed by atoms with Gasteiger partial charge in [-0.2, -0.15) is 0 Å². The van der Waals surface area contributed by atoms with Crippen LogP contribution in [0.2, 0.25) is 5.02 Å². The minimum Gasteiger partial charge on any atom is -0.485 e. The van der Waals surface area contributed by atoms with Gasteiger partial charge in [0.1, 0.15) is 24.1 Å². The largest absolute Gasteiger partial charge is 0.485 e. The molecule has 0 aromatic heterocycles. The number of anilines is 1. The first-order chi connectivity index (χ1) is 14.9. The van der Waals surface area contributed by atoms with Gasteiger partial charge in [0, 0.05) is 25.6 Å². The molecule has 2 heterocycles. The Morgan fingerprint density at radius 2 is 1.97 bits per heavy atom. The van der Waals surface area contributed by atoms with Crippen LogP contribution in [0.3, 0.4) is 0 Å². The number of nitrogen functional groups attached to an aromatic ring is 1. The van der Waals surface area contributed by atoms with Gasteiger partial charge in [-0.15, -0.1) is 0 Å². The van der Waals surface area contributed by atoms with Crippen molar-refractivity contribution in [2.45, 2.75) is 19.1 Å². The van der Waals surface area contributed by atoms with E-state index in [1.165, 1.54) is 18.2 Å². The number of hydrogen-bond acceptors (Lipinski definition) is 6. The fourth-order valence-corrected chi connectivity index (χ4v) is 4.16. The first kappa shape index (κ1) is 21.7. The van der Waals surface area contributed by atoms with Gasteiger partial charge in [0.05, 0.1) is 17.4 Å². The minimum atomic E-state index is -0.585. The molecule has 2 aliphatic heterocycles. The molecule has 0 radical (unpaired) electrons. The van der Waals surface area contributed by atoms with Gasteiger partial charge in [-0.25, -0.2) is 4.39 Å². The maximum Gasteiger partial charge on any atom is 0.255 e. The Kier molecular flexibility index (Phi) is 6.50. The van der Waals surface area contributed by atoms with E-state index in [0.717, 1.165) is 18.5 Å². The summed E-state index contributed by atoms with van der Waals surface area (Å²) < 4.78 is 24.2. The zero-order valence-corrected chi connectivity index (χ0v) is 17.7. The summed E-state index contributed by atoms with van der Waals surface area (Å²) in [7, 11) is 0. The van der Waals surface area contributed by atoms with Gasteiger partial charge < -0.3 is 25.6 Å². The number of nitrogens with one attached hydrogen (secondary N) is 1. The number of carbonyl (C=O) groups is 1. The summed E-state index contributed by atoms with van der Waals surface area (Å²) in [5.41, 5.74) is 7.41. The first-order valence-corrected chi connectivity index (χ1v) is 10.6. The highest BCUT2D eigenvalue weighted by atomic mass is 35.5. The average molecular weight is 450 g/mol. The third-order valence-electron chi connectivity index (χ3n) is 5.67. The fourth-order valence-electron chi connectivity index (χ4n) is 3.96. The van der Waals surface area contributed by atoms with E-state index in [0.29, 0.717) is 32.8 Å². The molecule has 2 aromatic carbocycles. The zero-order chi connectivity index (χ0) is 22.0. The normalized spacial score (nSPS) is 21.0. The summed E-state index contributed by atoms with van der Waals surface area (Å²) in [4.78, 5) is 14.9. The first-order valence-electron chi connectivity index (χ1n) is 10.2. The van der Waals surface area contributed by atoms with Crippen LogP contribution in [0, 0.1) is 11.7 Å². The summed E-state index contributed by atoms with van der Waals surface area (Å²) in [6, 6.07) is 7.85. The maximum absolute atomic E-state index is 13.1. The van der Waals surface area contributed by atoms with Crippen LogP contribution in [-0.4, -0.2) is 54.9 Å². The number of piperidine rings is 1. The standard InChI is InChI=1S/C22H25ClFN3O4/c23-19-17(25)9-16(20-21(19)31-8-7-30-20)22(29)26-10-14-5-6-27(12-18(14)28)11-13-1-3-15(24)4-2-13/h1-4,9,14,18,28H,5-8,10-12,25H2,(H,26,29)/t14-,18+/m0/s1. The Balaban J connectivity index is 1.34. The fraction of sp³-hybridized carbons (Fsp3) is 0.409. The number of benzene rings is 2. The number of likely N-dealkylation sites (tertiary alicyclic amines) is 1. The van der Waals surface area contributed by atoms with Gasteiger partial charge in [0.15, 0.2) is 11.5 Å². The maximum atomic E-state index is 13.1. The molecule has 2 aliphatic rings. The van der Waals surface area contributed by atoms with Crippen LogP contribution in [0.4, 0.5) is 10.1 Å². The number of aliphatic hydroxyl groups excluding tert-OH is 1. The van der Waals surface area contributed by atoms with Crippen molar-refractivity contribution >= 4 is 23.2 Å². The van der Waals surface area contributed by atoms with Crippen molar-refractivity contribution in [1.82, 2.24) is 10.2 Å². The highest BCUT2D eigenvalue weighted by Crippen LogP contribution is 2.43. The number of amides is 1. The third kappa shape index (κ3) is 4.87. The van der Waals surface area contributed by atoms with E-state index in [1.807, 2.05) is 0 Å². The number of rotatable bonds is 5. The van der Waals surface area contributed by atoms with Crippen molar-refractivity contribution in [3.8, 4) is 11.5 Å². The SMILES string of the molecule is Nc1cc(C(=O)NC[C@@H]2CCN(Cc3ccc(F)cc3)C[C@H]2O)c2c(c1Cl)OCCO2. The van der Waals surface area contributed by atoms with Crippen LogP contribution in [0.1, 0.15) is 22.3 Å². The van der Waals surface area contributed by atoms with Crippen LogP contribution < -0.4 is 20.5 Å². The molecule has 0 spiro atoms. The number of fused-ring (bicyclic) bond motifs is 1. The molecule has 31 heavy (non-hydrogen) atoms. The number of β-amino-alcohol motifs (C(OH)–C–C–N with tert-alkyl or cyclic N) is 1. The molecule has 0 unspecified atom stereocenters. The predicted molar refractivity (Wildman–Crippen MR) is 115 cm³/mol. The van der Waals surface area contributed by atoms with Crippen LogP contribution in [0.25, 0.3) is 0 Å². The van der Waals surface area contributed by atoms with Gasteiger partial charge in [-0.3, -0.25) is 9.69 Å². The molecule has 9 heteroatoms. The molecular weight excluding hydrogens is 425 g/mol. The molecule has 0 aliphatic carbocycles. The summed E-state index contributed by atoms with van der Waals surface area (Å²) in [5, 5.41) is 13.7. The summed E-state index contributed by atoms with van der Waals surface area (Å²) >= 11 is 6.17. The molecule has 7 nitrogen and oxygen atoms in total. The van der Waals surface area contributed by atoms with Gasteiger partial charge in [0.25, 0.3) is 5.91 Å². The summed E-state index contributed by atoms with van der Waals surface area (Å²) in [5.74, 6) is -0.124. The summed E-state index contributed by atoms with van der Waals surface area (Å²) in [6.07, 6.45) is 0.140. The molecule has 2 atom stereocenters. The van der Waals surface area contributed by atoms with E-state index in [9.17, 15) is 14.3 Å². The Morgan fingerprint density at radius 1 is 1.26 bits per heavy atom. The lowest BCUT2D eigenvalue weighted by Crippen LogP contribution is -2.47. The number of carbonyl (C=O) groups excluding carboxylic acids is 1. The molecule has 1 amide bonds. The van der Waals surface area contributed by atoms with E-state index >= 15 is 0 Å². The Morgan fingerprint density at radius 3 is 2.68 bits per heavy atom. The molecule has 4 N–H and O–H groups in total. The molecule has 166 valence electrons. The van der Waals surface area contributed by atoms with E-state index in [1.54, 1.807) is 12.1 Å². The Hall–Kier alpha value is -2.55. The number of aliphatic hydroxyl groups is 1. The van der Waals surface area contributed by atoms with Gasteiger partial charge >= 0.3 is 0 Å². The second kappa shape index (κ2) is 9.30. The highest BCUT2D eigenvalue weighted by Gasteiger charge is 2.30. The summed E-state index contributed by atoms with van der Waals surface area (Å²) in [6.45, 7) is 2.87. The van der Waals surface area contributed by atoms with Crippen molar-refractivity contribution in [2.75, 3.05) is 38.6 Å². The second-order valence-corrected chi connectivity index (χ2v) is 8.25. The molecule has 0 saturated carbocycles. The topological polar surface area (TPSA) is 97.1 Å². The lowest BCUT2D eigenvalue weighted by molar-refractivity contribution is 0.0189. The highest BCUT2D eigenvalue weighted by molar-refractivity contribution is 6.35. The molecule has 1 saturated heterocycles. The number of halogens is 2. The van der Waals surface area contributed by atoms with Gasteiger partial charge in [-0.1, -0.05) is 23.7 Å². The van der Waals surface area contributed by atoms with Crippen molar-refractivity contribution in [2.24, 2.45) is 5.92 Å². The molecule has 1 fully saturated rings. The van der Waals surface area contributed by atoms with Crippen LogP contribution >= 0.6 is 11.6 Å². The van der Waals surface area contributed by atoms with Crippen LogP contribution in [0.15, 0.2) is 30.3 Å². The average Bonchev–Trinajstić information content (AvgIpc) is 2.77. The number of nitrogens with zero attached hydrogens (tertiary/aromatic N) is 1. The van der Waals surface area contributed by atoms with Crippen LogP contribution in [0.5, 0.6) is 11.5 Å². The smallest absolute Gasteiger partial charge is 0.255 e. The lowest BCUT2D eigenvalue weighted by atomic mass is 9.93. The third-order valence-corrected chi connectivity index (χ3v) is 6.06.